The number of nitrogens with one attached hydrogen (secondary N) is 1. The minimum Gasteiger partial charge on any atom is -0.319 e. The molecule has 1 saturated heterocycles. The maximum Gasteiger partial charge on any atom is 0.0236 e. The second-order valence-corrected chi connectivity index (χ2v) is 5.31. The van der Waals surface area contributed by atoms with Crippen LogP contribution in [0.25, 0.3) is 0 Å². The van der Waals surface area contributed by atoms with Crippen LogP contribution in [-0.2, 0) is 6.54 Å². The molecule has 1 unspecified atom stereocenters. The minimum absolute atomic E-state index is 0.838. The Hall–Kier alpha value is -0.860. The predicted molar refractivity (Wildman–Crippen MR) is 73.2 cm³/mol. The molecule has 1 aromatic rings. The first-order valence-electron chi connectivity index (χ1n) is 6.62. The summed E-state index contributed by atoms with van der Waals surface area (Å²) in [5.74, 6) is 0.838. The van der Waals surface area contributed by atoms with E-state index in [0.29, 0.717) is 0 Å². The zero-order chi connectivity index (χ0) is 12.3. The van der Waals surface area contributed by atoms with Gasteiger partial charge in [0, 0.05) is 13.1 Å². The fraction of sp³-hybridized carbons (Fsp3) is 0.600. The molecule has 1 aliphatic rings. The molecular weight excluding hydrogens is 208 g/mol. The van der Waals surface area contributed by atoms with Gasteiger partial charge in [-0.15, -0.1) is 0 Å². The van der Waals surface area contributed by atoms with Gasteiger partial charge in [0.15, 0.2) is 0 Å². The first-order chi connectivity index (χ1) is 8.20. The Morgan fingerprint density at radius 1 is 1.35 bits per heavy atom. The van der Waals surface area contributed by atoms with Crippen molar-refractivity contribution < 1.29 is 0 Å². The van der Waals surface area contributed by atoms with Gasteiger partial charge in [0.1, 0.15) is 0 Å². The molecule has 0 bridgehead atoms. The number of hydrogen-bond acceptors (Lipinski definition) is 2. The second-order valence-electron chi connectivity index (χ2n) is 5.31. The first kappa shape index (κ1) is 12.6. The van der Waals surface area contributed by atoms with Crippen molar-refractivity contribution in [3.63, 3.8) is 0 Å². The van der Waals surface area contributed by atoms with Gasteiger partial charge < -0.3 is 5.32 Å². The predicted octanol–water partition coefficient (Wildman–Crippen LogP) is 2.34. The highest BCUT2D eigenvalue weighted by Crippen LogP contribution is 2.20. The molecule has 0 aromatic heterocycles. The van der Waals surface area contributed by atoms with Crippen LogP contribution in [0.15, 0.2) is 18.2 Å². The monoisotopic (exact) mass is 232 g/mol. The number of rotatable bonds is 4. The van der Waals surface area contributed by atoms with Crippen molar-refractivity contribution in [3.05, 3.63) is 34.9 Å². The Labute approximate surface area is 105 Å². The summed E-state index contributed by atoms with van der Waals surface area (Å²) in [6.45, 7) is 9.21. The van der Waals surface area contributed by atoms with E-state index < -0.39 is 0 Å². The van der Waals surface area contributed by atoms with Crippen LogP contribution in [0.5, 0.6) is 0 Å². The lowest BCUT2D eigenvalue weighted by molar-refractivity contribution is 0.315. The quantitative estimate of drug-likeness (QED) is 0.857. The third kappa shape index (κ3) is 3.08. The van der Waals surface area contributed by atoms with E-state index in [1.807, 2.05) is 7.05 Å². The van der Waals surface area contributed by atoms with E-state index >= 15 is 0 Å². The summed E-state index contributed by atoms with van der Waals surface area (Å²) in [4.78, 5) is 2.59. The van der Waals surface area contributed by atoms with Crippen molar-refractivity contribution >= 4 is 0 Å². The van der Waals surface area contributed by atoms with Crippen LogP contribution in [0, 0.1) is 19.8 Å². The van der Waals surface area contributed by atoms with Gasteiger partial charge in [0.05, 0.1) is 0 Å². The molecule has 1 aromatic carbocycles. The maximum absolute atomic E-state index is 3.29. The fourth-order valence-electron chi connectivity index (χ4n) is 2.74. The molecule has 1 heterocycles. The normalized spacial score (nSPS) is 21.0. The van der Waals surface area contributed by atoms with Crippen molar-refractivity contribution in [1.29, 1.82) is 0 Å². The SMILES string of the molecule is CNCC1CCN(Cc2cccc(C)c2C)C1. The van der Waals surface area contributed by atoms with Crippen LogP contribution >= 0.6 is 0 Å². The summed E-state index contributed by atoms with van der Waals surface area (Å²) in [6.07, 6.45) is 1.34. The summed E-state index contributed by atoms with van der Waals surface area (Å²) >= 11 is 0. The van der Waals surface area contributed by atoms with E-state index in [0.717, 1.165) is 19.0 Å². The molecule has 2 rings (SSSR count). The maximum atomic E-state index is 3.29. The molecule has 0 saturated carbocycles. The van der Waals surface area contributed by atoms with Crippen LogP contribution in [0.2, 0.25) is 0 Å². The number of aryl methyl sites for hydroxylation is 1. The van der Waals surface area contributed by atoms with E-state index in [-0.39, 0.29) is 0 Å². The Kier molecular flexibility index (Phi) is 4.19. The Morgan fingerprint density at radius 3 is 2.94 bits per heavy atom. The third-order valence-corrected chi connectivity index (χ3v) is 3.97. The number of likely N-dealkylation sites (tertiary alicyclic amines) is 1. The highest BCUT2D eigenvalue weighted by atomic mass is 15.1. The van der Waals surface area contributed by atoms with E-state index in [2.05, 4.69) is 42.3 Å². The molecule has 0 aliphatic carbocycles. The minimum atomic E-state index is 0.838. The topological polar surface area (TPSA) is 15.3 Å². The van der Waals surface area contributed by atoms with Crippen molar-refractivity contribution in [2.45, 2.75) is 26.8 Å². The zero-order valence-corrected chi connectivity index (χ0v) is 11.3. The van der Waals surface area contributed by atoms with E-state index in [9.17, 15) is 0 Å². The molecule has 2 heteroatoms. The Morgan fingerprint density at radius 2 is 2.18 bits per heavy atom. The van der Waals surface area contributed by atoms with Crippen LogP contribution in [0.1, 0.15) is 23.1 Å². The van der Waals surface area contributed by atoms with E-state index in [1.165, 1.54) is 36.2 Å². The van der Waals surface area contributed by atoms with Crippen molar-refractivity contribution in [2.24, 2.45) is 5.92 Å². The van der Waals surface area contributed by atoms with E-state index in [1.54, 1.807) is 0 Å². The van der Waals surface area contributed by atoms with Crippen LogP contribution in [-0.4, -0.2) is 31.6 Å². The van der Waals surface area contributed by atoms with Crippen LogP contribution in [0.3, 0.4) is 0 Å². The molecule has 0 amide bonds. The fourth-order valence-corrected chi connectivity index (χ4v) is 2.74. The van der Waals surface area contributed by atoms with Gasteiger partial charge in [0.25, 0.3) is 0 Å². The Bertz CT molecular complexity index is 373. The highest BCUT2D eigenvalue weighted by molar-refractivity contribution is 5.33. The lowest BCUT2D eigenvalue weighted by atomic mass is 10.0. The third-order valence-electron chi connectivity index (χ3n) is 3.97. The summed E-state index contributed by atoms with van der Waals surface area (Å²) in [7, 11) is 2.05. The van der Waals surface area contributed by atoms with Crippen LogP contribution < -0.4 is 5.32 Å². The molecule has 0 spiro atoms. The number of benzene rings is 1. The van der Waals surface area contributed by atoms with Gasteiger partial charge in [0.2, 0.25) is 0 Å². The standard InChI is InChI=1S/C15H24N2/c1-12-5-4-6-15(13(12)2)11-17-8-7-14(10-17)9-16-3/h4-6,14,16H,7-11H2,1-3H3. The molecule has 2 nitrogen and oxygen atoms in total. The molecule has 1 aliphatic heterocycles. The summed E-state index contributed by atoms with van der Waals surface area (Å²) in [6, 6.07) is 6.65. The lowest BCUT2D eigenvalue weighted by Gasteiger charge is -2.18. The first-order valence-corrected chi connectivity index (χ1v) is 6.62. The van der Waals surface area contributed by atoms with Crippen molar-refractivity contribution in [3.8, 4) is 0 Å². The van der Waals surface area contributed by atoms with Crippen molar-refractivity contribution in [1.82, 2.24) is 10.2 Å². The van der Waals surface area contributed by atoms with Gasteiger partial charge in [-0.2, -0.15) is 0 Å². The lowest BCUT2D eigenvalue weighted by Crippen LogP contribution is -2.24. The second kappa shape index (κ2) is 5.65. The van der Waals surface area contributed by atoms with Gasteiger partial charge in [-0.05, 0) is 63.0 Å². The number of nitrogens with zero attached hydrogens (tertiary/aromatic N) is 1. The van der Waals surface area contributed by atoms with Crippen molar-refractivity contribution in [2.75, 3.05) is 26.7 Å². The smallest absolute Gasteiger partial charge is 0.0236 e. The summed E-state index contributed by atoms with van der Waals surface area (Å²) < 4.78 is 0. The van der Waals surface area contributed by atoms with E-state index in [4.69, 9.17) is 0 Å². The summed E-state index contributed by atoms with van der Waals surface area (Å²) in [5, 5.41) is 3.29. The van der Waals surface area contributed by atoms with Gasteiger partial charge in [-0.3, -0.25) is 4.90 Å². The Balaban J connectivity index is 1.96. The molecule has 1 fully saturated rings. The molecule has 94 valence electrons. The molecule has 1 atom stereocenters. The van der Waals surface area contributed by atoms with Gasteiger partial charge >= 0.3 is 0 Å². The number of hydrogen-bond donors (Lipinski definition) is 1. The largest absolute Gasteiger partial charge is 0.319 e. The molecule has 17 heavy (non-hydrogen) atoms. The average Bonchev–Trinajstić information content (AvgIpc) is 2.73. The molecule has 1 N–H and O–H groups in total. The molecule has 0 radical (unpaired) electrons. The van der Waals surface area contributed by atoms with Gasteiger partial charge in [-0.1, -0.05) is 18.2 Å². The molecular formula is C15H24N2. The highest BCUT2D eigenvalue weighted by Gasteiger charge is 2.21. The van der Waals surface area contributed by atoms with Crippen LogP contribution in [0.4, 0.5) is 0 Å². The average molecular weight is 232 g/mol. The zero-order valence-electron chi connectivity index (χ0n) is 11.3. The van der Waals surface area contributed by atoms with Gasteiger partial charge in [-0.25, -0.2) is 0 Å². The summed E-state index contributed by atoms with van der Waals surface area (Å²) in [5.41, 5.74) is 4.37.